The van der Waals surface area contributed by atoms with E-state index in [0.29, 0.717) is 30.3 Å². The number of ether oxygens (including phenoxy) is 2. The Morgan fingerprint density at radius 2 is 1.59 bits per heavy atom. The zero-order chi connectivity index (χ0) is 21.0. The Labute approximate surface area is 175 Å². The van der Waals surface area contributed by atoms with E-state index in [9.17, 15) is 9.59 Å². The molecule has 0 aliphatic carbocycles. The van der Waals surface area contributed by atoms with E-state index in [4.69, 9.17) is 21.7 Å². The third kappa shape index (κ3) is 4.46. The van der Waals surface area contributed by atoms with Crippen molar-refractivity contribution in [2.24, 2.45) is 0 Å². The molecule has 0 unspecified atom stereocenters. The van der Waals surface area contributed by atoms with Crippen LogP contribution in [-0.2, 0) is 16.2 Å². The van der Waals surface area contributed by atoms with Crippen LogP contribution >= 0.6 is 12.2 Å². The number of likely N-dealkylation sites (N-methyl/N-ethyl adjacent to an activating group) is 2. The summed E-state index contributed by atoms with van der Waals surface area (Å²) in [6.07, 6.45) is 1.54. The lowest BCUT2D eigenvalue weighted by Gasteiger charge is -2.31. The van der Waals surface area contributed by atoms with E-state index >= 15 is 0 Å². The maximum atomic E-state index is 12.5. The number of benzene rings is 2. The van der Waals surface area contributed by atoms with Crippen LogP contribution in [0.25, 0.3) is 6.08 Å². The minimum Gasteiger partial charge on any atom is -0.490 e. The molecule has 0 bridgehead atoms. The molecule has 29 heavy (non-hydrogen) atoms. The van der Waals surface area contributed by atoms with Crippen LogP contribution < -0.4 is 9.47 Å². The molecule has 3 rings (SSSR count). The van der Waals surface area contributed by atoms with Crippen molar-refractivity contribution in [3.8, 4) is 11.5 Å². The number of amides is 2. The molecule has 1 aliphatic rings. The molecule has 0 radical (unpaired) electrons. The molecule has 6 nitrogen and oxygen atoms in total. The standard InChI is InChI=1S/C22H22N2O4S/c1-4-27-19-13-16(10-11-18(19)28-14-15-8-6-5-7-9-15)12-17-20(25)23(2)22(29)24(3)21(17)26/h5-13H,4,14H2,1-3H3. The Balaban J connectivity index is 1.87. The Morgan fingerprint density at radius 1 is 0.931 bits per heavy atom. The van der Waals surface area contributed by atoms with E-state index in [1.807, 2.05) is 37.3 Å². The fourth-order valence-corrected chi connectivity index (χ4v) is 3.04. The Bertz CT molecular complexity index is 946. The van der Waals surface area contributed by atoms with Crippen molar-refractivity contribution < 1.29 is 19.1 Å². The fraction of sp³-hybridized carbons (Fsp3) is 0.227. The summed E-state index contributed by atoms with van der Waals surface area (Å²) in [4.78, 5) is 27.6. The number of hydrogen-bond acceptors (Lipinski definition) is 5. The van der Waals surface area contributed by atoms with Crippen LogP contribution in [0.4, 0.5) is 0 Å². The summed E-state index contributed by atoms with van der Waals surface area (Å²) in [5, 5.41) is 0.178. The largest absolute Gasteiger partial charge is 0.490 e. The molecule has 1 aliphatic heterocycles. The third-order valence-corrected chi connectivity index (χ3v) is 5.01. The van der Waals surface area contributed by atoms with Gasteiger partial charge in [0.15, 0.2) is 16.6 Å². The summed E-state index contributed by atoms with van der Waals surface area (Å²) in [6.45, 7) is 2.75. The SMILES string of the molecule is CCOc1cc(C=C2C(=O)N(C)C(=S)N(C)C2=O)ccc1OCc1ccccc1. The molecule has 150 valence electrons. The van der Waals surface area contributed by atoms with Gasteiger partial charge in [0.2, 0.25) is 0 Å². The van der Waals surface area contributed by atoms with Crippen molar-refractivity contribution in [3.05, 3.63) is 65.2 Å². The highest BCUT2D eigenvalue weighted by atomic mass is 32.1. The highest BCUT2D eigenvalue weighted by Crippen LogP contribution is 2.30. The van der Waals surface area contributed by atoms with Crippen LogP contribution in [0.5, 0.6) is 11.5 Å². The van der Waals surface area contributed by atoms with Gasteiger partial charge in [0.25, 0.3) is 11.8 Å². The molecule has 7 heteroatoms. The third-order valence-electron chi connectivity index (χ3n) is 4.46. The average Bonchev–Trinajstić information content (AvgIpc) is 2.74. The van der Waals surface area contributed by atoms with Gasteiger partial charge in [-0.15, -0.1) is 0 Å². The molecule has 2 aromatic rings. The van der Waals surface area contributed by atoms with Crippen LogP contribution in [0.3, 0.4) is 0 Å². The molecule has 1 fully saturated rings. The average molecular weight is 410 g/mol. The summed E-state index contributed by atoms with van der Waals surface area (Å²) in [5.74, 6) is 0.279. The first kappa shape index (κ1) is 20.5. The molecule has 2 amide bonds. The monoisotopic (exact) mass is 410 g/mol. The van der Waals surface area contributed by atoms with E-state index in [0.717, 1.165) is 5.56 Å². The second-order valence-electron chi connectivity index (χ2n) is 6.48. The molecule has 2 aromatic carbocycles. The van der Waals surface area contributed by atoms with Gasteiger partial charge in [-0.25, -0.2) is 0 Å². The quantitative estimate of drug-likeness (QED) is 0.416. The zero-order valence-electron chi connectivity index (χ0n) is 16.5. The molecule has 0 aromatic heterocycles. The predicted octanol–water partition coefficient (Wildman–Crippen LogP) is 3.26. The van der Waals surface area contributed by atoms with Crippen molar-refractivity contribution in [2.45, 2.75) is 13.5 Å². The van der Waals surface area contributed by atoms with E-state index in [2.05, 4.69) is 0 Å². The first-order valence-electron chi connectivity index (χ1n) is 9.17. The second-order valence-corrected chi connectivity index (χ2v) is 6.85. The number of rotatable bonds is 6. The topological polar surface area (TPSA) is 59.1 Å². The Morgan fingerprint density at radius 3 is 2.21 bits per heavy atom. The normalized spacial score (nSPS) is 14.3. The number of thiocarbonyl (C=S) groups is 1. The van der Waals surface area contributed by atoms with Gasteiger partial charge in [0.1, 0.15) is 12.2 Å². The van der Waals surface area contributed by atoms with Crippen LogP contribution in [0.15, 0.2) is 54.1 Å². The van der Waals surface area contributed by atoms with E-state index in [1.165, 1.54) is 9.80 Å². The van der Waals surface area contributed by atoms with Gasteiger partial charge >= 0.3 is 0 Å². The summed E-state index contributed by atoms with van der Waals surface area (Å²) < 4.78 is 11.6. The lowest BCUT2D eigenvalue weighted by molar-refractivity contribution is -0.132. The van der Waals surface area contributed by atoms with Gasteiger partial charge < -0.3 is 9.47 Å². The van der Waals surface area contributed by atoms with Crippen LogP contribution in [-0.4, -0.2) is 47.4 Å². The van der Waals surface area contributed by atoms with E-state index < -0.39 is 11.8 Å². The summed E-state index contributed by atoms with van der Waals surface area (Å²) in [7, 11) is 3.10. The van der Waals surface area contributed by atoms with Gasteiger partial charge in [-0.05, 0) is 48.5 Å². The minimum atomic E-state index is -0.430. The van der Waals surface area contributed by atoms with Gasteiger partial charge in [-0.3, -0.25) is 19.4 Å². The highest BCUT2D eigenvalue weighted by molar-refractivity contribution is 7.80. The van der Waals surface area contributed by atoms with Crippen molar-refractivity contribution in [1.29, 1.82) is 0 Å². The van der Waals surface area contributed by atoms with Gasteiger partial charge in [-0.1, -0.05) is 36.4 Å². The van der Waals surface area contributed by atoms with Crippen molar-refractivity contribution >= 4 is 35.2 Å². The summed E-state index contributed by atoms with van der Waals surface area (Å²) in [6, 6.07) is 15.1. The van der Waals surface area contributed by atoms with Crippen LogP contribution in [0.1, 0.15) is 18.1 Å². The highest BCUT2D eigenvalue weighted by Gasteiger charge is 2.35. The van der Waals surface area contributed by atoms with Crippen LogP contribution in [0.2, 0.25) is 0 Å². The van der Waals surface area contributed by atoms with Gasteiger partial charge in [-0.2, -0.15) is 0 Å². The molecular weight excluding hydrogens is 388 g/mol. The Hall–Kier alpha value is -3.19. The zero-order valence-corrected chi connectivity index (χ0v) is 17.4. The van der Waals surface area contributed by atoms with E-state index in [-0.39, 0.29) is 10.7 Å². The predicted molar refractivity (Wildman–Crippen MR) is 115 cm³/mol. The lowest BCUT2D eigenvalue weighted by Crippen LogP contribution is -2.52. The maximum absolute atomic E-state index is 12.5. The molecule has 1 saturated heterocycles. The smallest absolute Gasteiger partial charge is 0.265 e. The van der Waals surface area contributed by atoms with Gasteiger partial charge in [0.05, 0.1) is 6.61 Å². The lowest BCUT2D eigenvalue weighted by atomic mass is 10.1. The van der Waals surface area contributed by atoms with E-state index in [1.54, 1.807) is 38.4 Å². The molecular formula is C22H22N2O4S. The number of hydrogen-bond donors (Lipinski definition) is 0. The van der Waals surface area contributed by atoms with Gasteiger partial charge in [0, 0.05) is 14.1 Å². The molecule has 0 spiro atoms. The maximum Gasteiger partial charge on any atom is 0.265 e. The van der Waals surface area contributed by atoms with Crippen molar-refractivity contribution in [1.82, 2.24) is 9.80 Å². The minimum absolute atomic E-state index is 0.0454. The van der Waals surface area contributed by atoms with Crippen molar-refractivity contribution in [3.63, 3.8) is 0 Å². The molecule has 0 saturated carbocycles. The first-order valence-corrected chi connectivity index (χ1v) is 9.58. The molecule has 0 atom stereocenters. The van der Waals surface area contributed by atoms with Crippen molar-refractivity contribution in [2.75, 3.05) is 20.7 Å². The summed E-state index contributed by atoms with van der Waals surface area (Å²) in [5.41, 5.74) is 1.75. The number of carbonyl (C=O) groups excluding carboxylic acids is 2. The second kappa shape index (κ2) is 8.87. The first-order chi connectivity index (χ1) is 13.9. The molecule has 1 heterocycles. The Kier molecular flexibility index (Phi) is 6.29. The number of nitrogens with zero attached hydrogens (tertiary/aromatic N) is 2. The summed E-state index contributed by atoms with van der Waals surface area (Å²) >= 11 is 5.11. The van der Waals surface area contributed by atoms with Crippen LogP contribution in [0, 0.1) is 0 Å². The fourth-order valence-electron chi connectivity index (χ4n) is 2.88. The molecule has 0 N–H and O–H groups in total. The number of carbonyl (C=O) groups is 2.